The highest BCUT2D eigenvalue weighted by atomic mass is 35.5. The summed E-state index contributed by atoms with van der Waals surface area (Å²) in [6.45, 7) is 1.25. The zero-order valence-electron chi connectivity index (χ0n) is 9.93. The summed E-state index contributed by atoms with van der Waals surface area (Å²) in [4.78, 5) is 0.100. The van der Waals surface area contributed by atoms with Crippen molar-refractivity contribution in [2.24, 2.45) is 5.73 Å². The molecule has 0 radical (unpaired) electrons. The van der Waals surface area contributed by atoms with Crippen molar-refractivity contribution in [3.8, 4) is 0 Å². The predicted molar refractivity (Wildman–Crippen MR) is 62.7 cm³/mol. The van der Waals surface area contributed by atoms with Crippen LogP contribution in [0.4, 0.5) is 26.3 Å². The van der Waals surface area contributed by atoms with Crippen molar-refractivity contribution in [2.75, 3.05) is 0 Å². The fourth-order valence-corrected chi connectivity index (χ4v) is 2.63. The van der Waals surface area contributed by atoms with Crippen LogP contribution in [0.5, 0.6) is 0 Å². The van der Waals surface area contributed by atoms with Gasteiger partial charge in [-0.05, 0) is 19.1 Å². The molecule has 1 heterocycles. The molecule has 116 valence electrons. The van der Waals surface area contributed by atoms with E-state index in [1.807, 2.05) is 0 Å². The van der Waals surface area contributed by atoms with Crippen molar-refractivity contribution in [2.45, 2.75) is 37.5 Å². The summed E-state index contributed by atoms with van der Waals surface area (Å²) < 4.78 is 79.1. The molecule has 0 saturated carbocycles. The molecule has 2 atom stereocenters. The molecule has 20 heavy (non-hydrogen) atoms. The molecule has 1 aromatic rings. The number of ether oxygens (including phenoxy) is 1. The molecule has 0 saturated heterocycles. The van der Waals surface area contributed by atoms with Gasteiger partial charge in [0.2, 0.25) is 6.10 Å². The largest absolute Gasteiger partial charge is 0.423 e. The minimum Gasteiger partial charge on any atom is -0.350 e. The second kappa shape index (κ2) is 6.08. The number of hydrogen-bond acceptors (Lipinski definition) is 3. The number of hydrogen-bond donors (Lipinski definition) is 1. The molecule has 2 N–H and O–H groups in total. The molecular formula is C10H10ClF6NOS. The molecule has 0 fully saturated rings. The smallest absolute Gasteiger partial charge is 0.350 e. The van der Waals surface area contributed by atoms with Crippen LogP contribution in [0, 0.1) is 0 Å². The summed E-state index contributed by atoms with van der Waals surface area (Å²) >= 11 is 6.42. The van der Waals surface area contributed by atoms with E-state index in [1.54, 1.807) is 0 Å². The maximum Gasteiger partial charge on any atom is 0.423 e. The number of alkyl halides is 6. The molecule has 0 aliphatic carbocycles. The first-order valence-electron chi connectivity index (χ1n) is 5.22. The minimum atomic E-state index is -5.58. The molecule has 0 spiro atoms. The van der Waals surface area contributed by atoms with Gasteiger partial charge in [-0.3, -0.25) is 0 Å². The van der Waals surface area contributed by atoms with E-state index in [4.69, 9.17) is 17.3 Å². The Morgan fingerprint density at radius 3 is 1.95 bits per heavy atom. The fraction of sp³-hybridized carbons (Fsp3) is 0.600. The zero-order valence-corrected chi connectivity index (χ0v) is 11.5. The zero-order chi connectivity index (χ0) is 15.7. The second-order valence-electron chi connectivity index (χ2n) is 4.02. The van der Waals surface area contributed by atoms with E-state index >= 15 is 0 Å². The van der Waals surface area contributed by atoms with Gasteiger partial charge in [0.15, 0.2) is 0 Å². The number of rotatable bonds is 4. The van der Waals surface area contributed by atoms with E-state index in [1.165, 1.54) is 19.1 Å². The number of thiophene rings is 1. The lowest BCUT2D eigenvalue weighted by molar-refractivity contribution is -0.332. The van der Waals surface area contributed by atoms with Gasteiger partial charge >= 0.3 is 12.4 Å². The van der Waals surface area contributed by atoms with Gasteiger partial charge in [-0.15, -0.1) is 11.3 Å². The van der Waals surface area contributed by atoms with E-state index in [0.29, 0.717) is 0 Å². The highest BCUT2D eigenvalue weighted by Crippen LogP contribution is 2.40. The molecule has 2 unspecified atom stereocenters. The monoisotopic (exact) mass is 341 g/mol. The second-order valence-corrected chi connectivity index (χ2v) is 5.77. The van der Waals surface area contributed by atoms with Gasteiger partial charge in [-0.25, -0.2) is 0 Å². The minimum absolute atomic E-state index is 0.100. The maximum absolute atomic E-state index is 12.5. The third kappa shape index (κ3) is 4.51. The lowest BCUT2D eigenvalue weighted by atomic mass is 10.1. The summed E-state index contributed by atoms with van der Waals surface area (Å²) in [5.74, 6) is 0. The van der Waals surface area contributed by atoms with Crippen LogP contribution < -0.4 is 5.73 Å². The van der Waals surface area contributed by atoms with Crippen LogP contribution in [0.25, 0.3) is 0 Å². The van der Waals surface area contributed by atoms with E-state index < -0.39 is 30.6 Å². The summed E-state index contributed by atoms with van der Waals surface area (Å²) in [5, 5.41) is 0. The van der Waals surface area contributed by atoms with Gasteiger partial charge in [-0.2, -0.15) is 26.3 Å². The Kier molecular flexibility index (Phi) is 5.34. The van der Waals surface area contributed by atoms with Crippen LogP contribution in [-0.4, -0.2) is 24.5 Å². The van der Waals surface area contributed by atoms with Gasteiger partial charge in [0.25, 0.3) is 0 Å². The Bertz CT molecular complexity index is 430. The van der Waals surface area contributed by atoms with Crippen molar-refractivity contribution in [1.29, 1.82) is 0 Å². The van der Waals surface area contributed by atoms with Crippen LogP contribution in [-0.2, 0) is 4.74 Å². The molecular weight excluding hydrogens is 332 g/mol. The summed E-state index contributed by atoms with van der Waals surface area (Å²) in [5.41, 5.74) is 5.42. The van der Waals surface area contributed by atoms with E-state index in [9.17, 15) is 26.3 Å². The Balaban J connectivity index is 3.05. The SMILES string of the molecule is CC(N)C(OC(C(F)(F)F)C(F)(F)F)c1ccc(Cl)s1. The van der Waals surface area contributed by atoms with Crippen molar-refractivity contribution < 1.29 is 31.1 Å². The van der Waals surface area contributed by atoms with E-state index in [-0.39, 0.29) is 9.21 Å². The van der Waals surface area contributed by atoms with Crippen molar-refractivity contribution in [1.82, 2.24) is 0 Å². The Labute approximate surface area is 119 Å². The van der Waals surface area contributed by atoms with Gasteiger partial charge in [0.05, 0.1) is 4.34 Å². The Morgan fingerprint density at radius 1 is 1.15 bits per heavy atom. The summed E-state index contributed by atoms with van der Waals surface area (Å²) in [6, 6.07) is 1.55. The maximum atomic E-state index is 12.5. The van der Waals surface area contributed by atoms with Crippen molar-refractivity contribution in [3.63, 3.8) is 0 Å². The molecule has 10 heteroatoms. The lowest BCUT2D eigenvalue weighted by Crippen LogP contribution is -2.46. The quantitative estimate of drug-likeness (QED) is 0.829. The average molecular weight is 342 g/mol. The number of nitrogens with two attached hydrogens (primary N) is 1. The highest BCUT2D eigenvalue weighted by Gasteiger charge is 2.59. The standard InChI is InChI=1S/C10H10ClF6NOS/c1-4(18)7(5-2-3-6(11)20-5)19-8(9(12,13)14)10(15,16)17/h2-4,7-8H,18H2,1H3. The van der Waals surface area contributed by atoms with Crippen LogP contribution in [0.2, 0.25) is 4.34 Å². The van der Waals surface area contributed by atoms with E-state index in [0.717, 1.165) is 11.3 Å². The van der Waals surface area contributed by atoms with Gasteiger partial charge < -0.3 is 10.5 Å². The first-order chi connectivity index (χ1) is 8.93. The van der Waals surface area contributed by atoms with Crippen LogP contribution in [0.15, 0.2) is 12.1 Å². The predicted octanol–water partition coefficient (Wildman–Crippen LogP) is 4.30. The van der Waals surface area contributed by atoms with Crippen LogP contribution >= 0.6 is 22.9 Å². The number of halogens is 7. The van der Waals surface area contributed by atoms with E-state index in [2.05, 4.69) is 4.74 Å². The highest BCUT2D eigenvalue weighted by molar-refractivity contribution is 7.16. The first-order valence-corrected chi connectivity index (χ1v) is 6.42. The molecule has 1 aromatic heterocycles. The van der Waals surface area contributed by atoms with Crippen LogP contribution in [0.1, 0.15) is 17.9 Å². The molecule has 0 aliphatic rings. The fourth-order valence-electron chi connectivity index (χ4n) is 1.42. The first kappa shape index (κ1) is 17.5. The third-order valence-corrected chi connectivity index (χ3v) is 3.52. The van der Waals surface area contributed by atoms with Crippen molar-refractivity contribution >= 4 is 22.9 Å². The normalized spacial score (nSPS) is 16.5. The van der Waals surface area contributed by atoms with Gasteiger partial charge in [-0.1, -0.05) is 11.6 Å². The molecule has 0 aliphatic heterocycles. The molecule has 0 aromatic carbocycles. The Morgan fingerprint density at radius 2 is 1.65 bits per heavy atom. The topological polar surface area (TPSA) is 35.2 Å². The van der Waals surface area contributed by atoms with Crippen molar-refractivity contribution in [3.05, 3.63) is 21.3 Å². The molecule has 2 nitrogen and oxygen atoms in total. The third-order valence-electron chi connectivity index (χ3n) is 2.23. The van der Waals surface area contributed by atoms with Crippen LogP contribution in [0.3, 0.4) is 0 Å². The summed E-state index contributed by atoms with van der Waals surface area (Å²) in [7, 11) is 0. The average Bonchev–Trinajstić information content (AvgIpc) is 2.60. The van der Waals surface area contributed by atoms with Gasteiger partial charge in [0, 0.05) is 10.9 Å². The molecule has 0 bridgehead atoms. The summed E-state index contributed by atoms with van der Waals surface area (Å²) in [6.07, 6.45) is -16.6. The van der Waals surface area contributed by atoms with Gasteiger partial charge in [0.1, 0.15) is 6.10 Å². The lowest BCUT2D eigenvalue weighted by Gasteiger charge is -2.29. The molecule has 0 amide bonds. The molecule has 1 rings (SSSR count). The Hall–Kier alpha value is -0.510.